The van der Waals surface area contributed by atoms with Crippen molar-refractivity contribution in [2.45, 2.75) is 31.3 Å². The molecule has 2 heterocycles. The first-order chi connectivity index (χ1) is 13.2. The van der Waals surface area contributed by atoms with Gasteiger partial charge in [0.1, 0.15) is 0 Å². The van der Waals surface area contributed by atoms with Crippen molar-refractivity contribution in [2.24, 2.45) is 5.92 Å². The number of nitrogens with one attached hydrogen (secondary N) is 2. The molecule has 1 fully saturated rings. The second kappa shape index (κ2) is 6.54. The van der Waals surface area contributed by atoms with E-state index < -0.39 is 0 Å². The zero-order valence-corrected chi connectivity index (χ0v) is 15.6. The number of fused-ring (bicyclic) bond motifs is 2. The minimum Gasteiger partial charge on any atom is -0.361 e. The molecule has 3 atom stereocenters. The number of rotatable bonds is 3. The molecule has 1 aromatic heterocycles. The summed E-state index contributed by atoms with van der Waals surface area (Å²) in [5.41, 5.74) is 5.19. The van der Waals surface area contributed by atoms with Crippen LogP contribution >= 0.6 is 0 Å². The molecule has 138 valence electrons. The highest BCUT2D eigenvalue weighted by Crippen LogP contribution is 2.44. The van der Waals surface area contributed by atoms with Gasteiger partial charge in [-0.05, 0) is 42.6 Å². The van der Waals surface area contributed by atoms with Crippen LogP contribution < -0.4 is 5.32 Å². The summed E-state index contributed by atoms with van der Waals surface area (Å²) in [6.45, 7) is 1.43. The van der Waals surface area contributed by atoms with E-state index in [1.165, 1.54) is 22.0 Å². The number of amides is 1. The van der Waals surface area contributed by atoms with E-state index in [0.29, 0.717) is 18.5 Å². The zero-order chi connectivity index (χ0) is 18.4. The smallest absolute Gasteiger partial charge is 0.224 e. The Morgan fingerprint density at radius 3 is 2.89 bits per heavy atom. The number of piperidine rings is 1. The number of likely N-dealkylation sites (tertiary alicyclic amines) is 1. The van der Waals surface area contributed by atoms with Gasteiger partial charge in [-0.25, -0.2) is 0 Å². The Labute approximate surface area is 159 Å². The summed E-state index contributed by atoms with van der Waals surface area (Å²) in [4.78, 5) is 18.7. The fourth-order valence-corrected chi connectivity index (χ4v) is 5.06. The number of aromatic nitrogens is 1. The second-order valence-corrected chi connectivity index (χ2v) is 8.04. The van der Waals surface area contributed by atoms with Gasteiger partial charge in [-0.3, -0.25) is 4.79 Å². The topological polar surface area (TPSA) is 48.1 Å². The molecule has 3 unspecified atom stereocenters. The quantitative estimate of drug-likeness (QED) is 0.753. The summed E-state index contributed by atoms with van der Waals surface area (Å²) >= 11 is 0. The van der Waals surface area contributed by atoms with E-state index in [0.717, 1.165) is 24.9 Å². The molecule has 4 heteroatoms. The van der Waals surface area contributed by atoms with Crippen LogP contribution in [0.25, 0.3) is 10.9 Å². The van der Waals surface area contributed by atoms with E-state index in [4.69, 9.17) is 0 Å². The molecule has 2 N–H and O–H groups in total. The number of carbonyl (C=O) groups is 1. The Bertz CT molecular complexity index is 978. The first-order valence-electron chi connectivity index (χ1n) is 9.81. The van der Waals surface area contributed by atoms with E-state index in [1.54, 1.807) is 0 Å². The standard InChI is InChI=1S/C23H25N3O/c1-26-14-17(23(27)25-12-15-6-3-2-4-7-15)10-19-18-8-5-9-20-22(18)16(13-24-20)11-21(19)26/h2-9,13,17,19,21,24H,10-12,14H2,1H3,(H,25,27). The van der Waals surface area contributed by atoms with Gasteiger partial charge >= 0.3 is 0 Å². The van der Waals surface area contributed by atoms with Crippen LogP contribution in [0.2, 0.25) is 0 Å². The molecule has 4 nitrogen and oxygen atoms in total. The highest BCUT2D eigenvalue weighted by Gasteiger charge is 2.41. The molecule has 5 rings (SSSR count). The van der Waals surface area contributed by atoms with Crippen molar-refractivity contribution in [1.82, 2.24) is 15.2 Å². The van der Waals surface area contributed by atoms with Crippen molar-refractivity contribution in [2.75, 3.05) is 13.6 Å². The summed E-state index contributed by atoms with van der Waals surface area (Å²) in [6.07, 6.45) is 4.16. The summed E-state index contributed by atoms with van der Waals surface area (Å²) < 4.78 is 0. The Morgan fingerprint density at radius 2 is 2.04 bits per heavy atom. The maximum absolute atomic E-state index is 12.9. The Kier molecular flexibility index (Phi) is 4.01. The van der Waals surface area contributed by atoms with Gasteiger partial charge in [0.25, 0.3) is 0 Å². The van der Waals surface area contributed by atoms with Gasteiger partial charge in [-0.2, -0.15) is 0 Å². The molecule has 2 aromatic carbocycles. The van der Waals surface area contributed by atoms with Crippen molar-refractivity contribution < 1.29 is 4.79 Å². The minimum absolute atomic E-state index is 0.0377. The fourth-order valence-electron chi connectivity index (χ4n) is 5.06. The molecule has 0 spiro atoms. The van der Waals surface area contributed by atoms with Gasteiger partial charge in [0, 0.05) is 42.1 Å². The fraction of sp³-hybridized carbons (Fsp3) is 0.348. The van der Waals surface area contributed by atoms with Crippen LogP contribution in [0, 0.1) is 5.92 Å². The number of H-pyrrole nitrogens is 1. The van der Waals surface area contributed by atoms with Crippen LogP contribution in [0.1, 0.15) is 29.0 Å². The van der Waals surface area contributed by atoms with Crippen LogP contribution in [0.3, 0.4) is 0 Å². The number of aromatic amines is 1. The van der Waals surface area contributed by atoms with Gasteiger partial charge in [0.15, 0.2) is 0 Å². The lowest BCUT2D eigenvalue weighted by Gasteiger charge is -2.45. The maximum atomic E-state index is 12.9. The number of likely N-dealkylation sites (N-methyl/N-ethyl adjacent to an activating group) is 1. The summed E-state index contributed by atoms with van der Waals surface area (Å²) in [5.74, 6) is 0.634. The molecule has 1 amide bonds. The third-order valence-electron chi connectivity index (χ3n) is 6.41. The van der Waals surface area contributed by atoms with Gasteiger partial charge in [-0.1, -0.05) is 42.5 Å². The molecule has 1 aliphatic carbocycles. The number of benzene rings is 2. The molecule has 3 aromatic rings. The largest absolute Gasteiger partial charge is 0.361 e. The Hall–Kier alpha value is -2.59. The predicted molar refractivity (Wildman–Crippen MR) is 108 cm³/mol. The van der Waals surface area contributed by atoms with Gasteiger partial charge in [-0.15, -0.1) is 0 Å². The number of carbonyl (C=O) groups excluding carboxylic acids is 1. The van der Waals surface area contributed by atoms with Crippen LogP contribution in [0.4, 0.5) is 0 Å². The molecule has 1 aliphatic heterocycles. The van der Waals surface area contributed by atoms with Crippen LogP contribution in [0.5, 0.6) is 0 Å². The lowest BCUT2D eigenvalue weighted by atomic mass is 9.72. The van der Waals surface area contributed by atoms with Crippen molar-refractivity contribution in [3.63, 3.8) is 0 Å². The number of hydrogen-bond acceptors (Lipinski definition) is 2. The molecule has 2 aliphatic rings. The number of nitrogens with zero attached hydrogens (tertiary/aromatic N) is 1. The van der Waals surface area contributed by atoms with Gasteiger partial charge in [0.05, 0.1) is 5.92 Å². The van der Waals surface area contributed by atoms with Crippen molar-refractivity contribution in [1.29, 1.82) is 0 Å². The summed E-state index contributed by atoms with van der Waals surface area (Å²) in [6, 6.07) is 17.2. The highest BCUT2D eigenvalue weighted by atomic mass is 16.1. The zero-order valence-electron chi connectivity index (χ0n) is 15.6. The molecule has 1 saturated heterocycles. The second-order valence-electron chi connectivity index (χ2n) is 8.04. The van der Waals surface area contributed by atoms with E-state index in [1.807, 2.05) is 18.2 Å². The molecular weight excluding hydrogens is 334 g/mol. The van der Waals surface area contributed by atoms with E-state index in [-0.39, 0.29) is 11.8 Å². The first-order valence-corrected chi connectivity index (χ1v) is 9.81. The van der Waals surface area contributed by atoms with Crippen LogP contribution in [0.15, 0.2) is 54.7 Å². The van der Waals surface area contributed by atoms with E-state index in [2.05, 4.69) is 58.8 Å². The molecular formula is C23H25N3O. The monoisotopic (exact) mass is 359 g/mol. The summed E-state index contributed by atoms with van der Waals surface area (Å²) in [5, 5.41) is 4.54. The van der Waals surface area contributed by atoms with Gasteiger partial charge in [0.2, 0.25) is 5.91 Å². The van der Waals surface area contributed by atoms with Crippen molar-refractivity contribution >= 4 is 16.8 Å². The summed E-state index contributed by atoms with van der Waals surface area (Å²) in [7, 11) is 2.17. The van der Waals surface area contributed by atoms with Crippen molar-refractivity contribution in [3.05, 3.63) is 71.4 Å². The maximum Gasteiger partial charge on any atom is 0.224 e. The number of hydrogen-bond donors (Lipinski definition) is 2. The normalized spacial score (nSPS) is 24.6. The Balaban J connectivity index is 1.37. The van der Waals surface area contributed by atoms with E-state index >= 15 is 0 Å². The lowest BCUT2D eigenvalue weighted by Crippen LogP contribution is -2.51. The predicted octanol–water partition coefficient (Wildman–Crippen LogP) is 3.44. The van der Waals surface area contributed by atoms with Crippen molar-refractivity contribution in [3.8, 4) is 0 Å². The molecule has 0 saturated carbocycles. The average molecular weight is 359 g/mol. The highest BCUT2D eigenvalue weighted by molar-refractivity contribution is 5.88. The van der Waals surface area contributed by atoms with Crippen LogP contribution in [-0.4, -0.2) is 35.4 Å². The molecule has 0 radical (unpaired) electrons. The van der Waals surface area contributed by atoms with Crippen LogP contribution in [-0.2, 0) is 17.8 Å². The SMILES string of the molecule is CN1CC(C(=O)NCc2ccccc2)CC2c3cccc4[nH]cc(c34)CC21. The molecule has 27 heavy (non-hydrogen) atoms. The minimum atomic E-state index is 0.0377. The third-order valence-corrected chi connectivity index (χ3v) is 6.41. The average Bonchev–Trinajstić information content (AvgIpc) is 3.12. The lowest BCUT2D eigenvalue weighted by molar-refractivity contribution is -0.127. The van der Waals surface area contributed by atoms with Gasteiger partial charge < -0.3 is 15.2 Å². The third kappa shape index (κ3) is 2.85. The molecule has 0 bridgehead atoms. The van der Waals surface area contributed by atoms with E-state index in [9.17, 15) is 4.79 Å². The Morgan fingerprint density at radius 1 is 1.19 bits per heavy atom. The first kappa shape index (κ1) is 16.6.